The standard InChI is InChI=1S/C11H22O2.C9H21NO2/c1-2-3-4-5-6-7-8-9-10-11(12)13;1-7(2)6-9(3,12)8(11)10(4)5/h2-10H2,1H3,(H,12,13);7-8,11-12H,6H2,1-5H3. The van der Waals surface area contributed by atoms with Crippen molar-refractivity contribution < 1.29 is 20.1 Å². The molecule has 0 saturated carbocycles. The lowest BCUT2D eigenvalue weighted by atomic mass is 9.92. The molecule has 3 N–H and O–H groups in total. The summed E-state index contributed by atoms with van der Waals surface area (Å²) in [6, 6.07) is 0. The molecule has 0 fully saturated rings. The number of likely N-dealkylation sites (N-methyl/N-ethyl adjacent to an activating group) is 1. The van der Waals surface area contributed by atoms with E-state index < -0.39 is 17.8 Å². The maximum absolute atomic E-state index is 10.2. The normalized spacial score (nSPS) is 14.8. The maximum atomic E-state index is 10.2. The van der Waals surface area contributed by atoms with Crippen LogP contribution in [0.1, 0.15) is 91.9 Å². The number of carbonyl (C=O) groups is 1. The zero-order valence-corrected chi connectivity index (χ0v) is 17.4. The van der Waals surface area contributed by atoms with Gasteiger partial charge in [-0.15, -0.1) is 0 Å². The summed E-state index contributed by atoms with van der Waals surface area (Å²) in [6.45, 7) is 7.93. The van der Waals surface area contributed by atoms with E-state index in [0.717, 1.165) is 12.8 Å². The molecule has 25 heavy (non-hydrogen) atoms. The molecule has 0 aliphatic carbocycles. The van der Waals surface area contributed by atoms with Gasteiger partial charge in [0.05, 0.1) is 0 Å². The fourth-order valence-electron chi connectivity index (χ4n) is 2.90. The van der Waals surface area contributed by atoms with Crippen LogP contribution in [-0.4, -0.2) is 52.1 Å². The van der Waals surface area contributed by atoms with Crippen LogP contribution in [0.2, 0.25) is 0 Å². The van der Waals surface area contributed by atoms with E-state index in [1.807, 2.05) is 13.8 Å². The van der Waals surface area contributed by atoms with Crippen molar-refractivity contribution in [3.8, 4) is 0 Å². The first-order valence-electron chi connectivity index (χ1n) is 9.83. The number of hydrogen-bond donors (Lipinski definition) is 3. The molecule has 0 rings (SSSR count). The van der Waals surface area contributed by atoms with Crippen LogP contribution in [-0.2, 0) is 4.79 Å². The number of nitrogens with zero attached hydrogens (tertiary/aromatic N) is 1. The second-order valence-electron chi connectivity index (χ2n) is 7.91. The van der Waals surface area contributed by atoms with Gasteiger partial charge in [-0.25, -0.2) is 0 Å². The topological polar surface area (TPSA) is 81.0 Å². The monoisotopic (exact) mass is 361 g/mol. The minimum absolute atomic E-state index is 0.342. The van der Waals surface area contributed by atoms with E-state index in [1.54, 1.807) is 25.9 Å². The molecule has 0 spiro atoms. The molecule has 0 heterocycles. The smallest absolute Gasteiger partial charge is 0.303 e. The van der Waals surface area contributed by atoms with E-state index in [0.29, 0.717) is 18.8 Å². The Labute approximate surface area is 155 Å². The molecule has 0 radical (unpaired) electrons. The summed E-state index contributed by atoms with van der Waals surface area (Å²) in [4.78, 5) is 11.8. The summed E-state index contributed by atoms with van der Waals surface area (Å²) in [7, 11) is 3.50. The maximum Gasteiger partial charge on any atom is 0.303 e. The Morgan fingerprint density at radius 1 is 1.00 bits per heavy atom. The van der Waals surface area contributed by atoms with Crippen LogP contribution in [0, 0.1) is 5.92 Å². The third-order valence-electron chi connectivity index (χ3n) is 4.11. The van der Waals surface area contributed by atoms with Crippen LogP contribution >= 0.6 is 0 Å². The highest BCUT2D eigenvalue weighted by Gasteiger charge is 2.32. The number of aliphatic hydroxyl groups is 2. The van der Waals surface area contributed by atoms with E-state index in [2.05, 4.69) is 6.92 Å². The number of carboxylic acids is 1. The van der Waals surface area contributed by atoms with Crippen LogP contribution < -0.4 is 0 Å². The van der Waals surface area contributed by atoms with Crippen molar-refractivity contribution in [3.63, 3.8) is 0 Å². The van der Waals surface area contributed by atoms with E-state index in [1.165, 1.54) is 38.5 Å². The number of carboxylic acid groups (broad SMARTS) is 1. The van der Waals surface area contributed by atoms with Crippen molar-refractivity contribution in [2.24, 2.45) is 5.92 Å². The SMILES string of the molecule is CC(C)CC(C)(O)C(O)N(C)C.CCCCCCCCCCC(=O)O. The lowest BCUT2D eigenvalue weighted by molar-refractivity contribution is -0.137. The highest BCUT2D eigenvalue weighted by Crippen LogP contribution is 2.21. The highest BCUT2D eigenvalue weighted by atomic mass is 16.4. The number of aliphatic hydroxyl groups excluding tert-OH is 1. The lowest BCUT2D eigenvalue weighted by Gasteiger charge is -2.34. The number of rotatable bonds is 13. The Bertz CT molecular complexity index is 317. The van der Waals surface area contributed by atoms with Gasteiger partial charge in [-0.05, 0) is 39.8 Å². The largest absolute Gasteiger partial charge is 0.481 e. The van der Waals surface area contributed by atoms with E-state index in [4.69, 9.17) is 5.11 Å². The molecule has 152 valence electrons. The number of aliphatic carboxylic acids is 1. The summed E-state index contributed by atoms with van der Waals surface area (Å²) in [5, 5.41) is 27.8. The van der Waals surface area contributed by atoms with Gasteiger partial charge in [-0.3, -0.25) is 9.69 Å². The Balaban J connectivity index is 0. The second-order valence-corrected chi connectivity index (χ2v) is 7.91. The summed E-state index contributed by atoms with van der Waals surface area (Å²) in [6.07, 6.45) is 9.86. The first-order valence-corrected chi connectivity index (χ1v) is 9.83. The van der Waals surface area contributed by atoms with Crippen molar-refractivity contribution in [3.05, 3.63) is 0 Å². The van der Waals surface area contributed by atoms with Gasteiger partial charge in [0.1, 0.15) is 11.8 Å². The Morgan fingerprint density at radius 3 is 1.80 bits per heavy atom. The van der Waals surface area contributed by atoms with Gasteiger partial charge in [0.15, 0.2) is 0 Å². The molecule has 0 aromatic rings. The number of hydrogen-bond acceptors (Lipinski definition) is 4. The predicted molar refractivity (Wildman–Crippen MR) is 105 cm³/mol. The summed E-state index contributed by atoms with van der Waals surface area (Å²) in [5.74, 6) is -0.277. The minimum Gasteiger partial charge on any atom is -0.481 e. The van der Waals surface area contributed by atoms with E-state index in [9.17, 15) is 15.0 Å². The van der Waals surface area contributed by atoms with Crippen molar-refractivity contribution in [2.45, 2.75) is 104 Å². The van der Waals surface area contributed by atoms with Gasteiger partial charge < -0.3 is 15.3 Å². The van der Waals surface area contributed by atoms with Gasteiger partial charge in [0, 0.05) is 6.42 Å². The zero-order valence-electron chi connectivity index (χ0n) is 17.4. The third-order valence-corrected chi connectivity index (χ3v) is 4.11. The van der Waals surface area contributed by atoms with Crippen molar-refractivity contribution in [1.82, 2.24) is 4.90 Å². The molecule has 2 atom stereocenters. The molecule has 0 amide bonds. The lowest BCUT2D eigenvalue weighted by Crippen LogP contribution is -2.48. The van der Waals surface area contributed by atoms with Gasteiger partial charge in [0.2, 0.25) is 0 Å². The fourth-order valence-corrected chi connectivity index (χ4v) is 2.90. The van der Waals surface area contributed by atoms with Crippen LogP contribution in [0.15, 0.2) is 0 Å². The summed E-state index contributed by atoms with van der Waals surface area (Å²) >= 11 is 0. The van der Waals surface area contributed by atoms with Gasteiger partial charge in [-0.2, -0.15) is 0 Å². The fraction of sp³-hybridized carbons (Fsp3) is 0.950. The number of unbranched alkanes of at least 4 members (excludes halogenated alkanes) is 7. The van der Waals surface area contributed by atoms with Crippen LogP contribution in [0.5, 0.6) is 0 Å². The van der Waals surface area contributed by atoms with Crippen LogP contribution in [0.4, 0.5) is 0 Å². The van der Waals surface area contributed by atoms with E-state index in [-0.39, 0.29) is 0 Å². The molecule has 0 aliphatic heterocycles. The first-order chi connectivity index (χ1) is 11.5. The summed E-state index contributed by atoms with van der Waals surface area (Å²) in [5.41, 5.74) is -1.02. The average molecular weight is 362 g/mol. The Morgan fingerprint density at radius 2 is 1.44 bits per heavy atom. The molecule has 0 aromatic heterocycles. The van der Waals surface area contributed by atoms with Gasteiger partial charge in [-0.1, -0.05) is 65.7 Å². The Hall–Kier alpha value is -0.650. The quantitative estimate of drug-likeness (QED) is 0.337. The molecule has 5 heteroatoms. The zero-order chi connectivity index (χ0) is 19.9. The van der Waals surface area contributed by atoms with Crippen molar-refractivity contribution >= 4 is 5.97 Å². The molecule has 0 saturated heterocycles. The second kappa shape index (κ2) is 15.6. The van der Waals surface area contributed by atoms with Crippen LogP contribution in [0.3, 0.4) is 0 Å². The van der Waals surface area contributed by atoms with Crippen molar-refractivity contribution in [1.29, 1.82) is 0 Å². The van der Waals surface area contributed by atoms with E-state index >= 15 is 0 Å². The molecule has 5 nitrogen and oxygen atoms in total. The first kappa shape index (κ1) is 26.6. The highest BCUT2D eigenvalue weighted by molar-refractivity contribution is 5.66. The minimum atomic E-state index is -1.02. The molecule has 0 aliphatic rings. The predicted octanol–water partition coefficient (Wildman–Crippen LogP) is 4.27. The molecule has 0 bridgehead atoms. The molecule has 2 unspecified atom stereocenters. The average Bonchev–Trinajstić information content (AvgIpc) is 2.48. The summed E-state index contributed by atoms with van der Waals surface area (Å²) < 4.78 is 0. The Kier molecular flexibility index (Phi) is 16.6. The van der Waals surface area contributed by atoms with Gasteiger partial charge >= 0.3 is 5.97 Å². The van der Waals surface area contributed by atoms with Crippen molar-refractivity contribution in [2.75, 3.05) is 14.1 Å². The molecular weight excluding hydrogens is 318 g/mol. The van der Waals surface area contributed by atoms with Crippen LogP contribution in [0.25, 0.3) is 0 Å². The van der Waals surface area contributed by atoms with Gasteiger partial charge in [0.25, 0.3) is 0 Å². The third kappa shape index (κ3) is 18.0. The molecular formula is C20H43NO4. The molecule has 0 aromatic carbocycles.